The van der Waals surface area contributed by atoms with Crippen LogP contribution in [0.3, 0.4) is 0 Å². The van der Waals surface area contributed by atoms with E-state index in [0.29, 0.717) is 0 Å². The van der Waals surface area contributed by atoms with E-state index in [0.717, 1.165) is 29.7 Å². The molecule has 0 bridgehead atoms. The molecule has 21 heavy (non-hydrogen) atoms. The first-order valence-electron chi connectivity index (χ1n) is 7.52. The zero-order valence-corrected chi connectivity index (χ0v) is 13.9. The molecule has 0 fully saturated rings. The second-order valence-electron chi connectivity index (χ2n) is 5.95. The third-order valence-corrected chi connectivity index (χ3v) is 4.57. The van der Waals surface area contributed by atoms with Crippen LogP contribution in [0.4, 0.5) is 5.13 Å². The van der Waals surface area contributed by atoms with Gasteiger partial charge in [-0.15, -0.1) is 11.3 Å². The third-order valence-electron chi connectivity index (χ3n) is 3.56. The van der Waals surface area contributed by atoms with Crippen LogP contribution in [-0.2, 0) is 6.42 Å². The molecular weight excluding hydrogens is 278 g/mol. The van der Waals surface area contributed by atoms with Crippen molar-refractivity contribution >= 4 is 16.5 Å². The molecule has 4 heteroatoms. The molecular formula is C17H25N3S. The van der Waals surface area contributed by atoms with Crippen LogP contribution in [-0.4, -0.2) is 18.6 Å². The Morgan fingerprint density at radius 2 is 1.95 bits per heavy atom. The molecule has 0 aliphatic carbocycles. The monoisotopic (exact) mass is 303 g/mol. The number of rotatable bonds is 7. The van der Waals surface area contributed by atoms with E-state index in [1.54, 1.807) is 11.3 Å². The highest BCUT2D eigenvalue weighted by molar-refractivity contribution is 7.13. The fourth-order valence-corrected chi connectivity index (χ4v) is 2.99. The van der Waals surface area contributed by atoms with Crippen LogP contribution < -0.4 is 10.6 Å². The fraction of sp³-hybridized carbons (Fsp3) is 0.471. The number of nitrogens with two attached hydrogens (primary N) is 1. The Kier molecular flexibility index (Phi) is 5.76. The average Bonchev–Trinajstić information content (AvgIpc) is 2.94. The van der Waals surface area contributed by atoms with Gasteiger partial charge in [0.15, 0.2) is 5.13 Å². The molecule has 0 radical (unpaired) electrons. The van der Waals surface area contributed by atoms with Gasteiger partial charge < -0.3 is 10.6 Å². The molecule has 2 rings (SSSR count). The van der Waals surface area contributed by atoms with Crippen LogP contribution in [0, 0.1) is 5.92 Å². The summed E-state index contributed by atoms with van der Waals surface area (Å²) in [4.78, 5) is 6.96. The summed E-state index contributed by atoms with van der Waals surface area (Å²) < 4.78 is 0. The second kappa shape index (κ2) is 7.57. The molecule has 1 unspecified atom stereocenters. The van der Waals surface area contributed by atoms with Gasteiger partial charge in [-0.25, -0.2) is 4.98 Å². The molecule has 114 valence electrons. The van der Waals surface area contributed by atoms with E-state index in [-0.39, 0.29) is 6.04 Å². The van der Waals surface area contributed by atoms with E-state index >= 15 is 0 Å². The van der Waals surface area contributed by atoms with Gasteiger partial charge >= 0.3 is 0 Å². The van der Waals surface area contributed by atoms with Crippen molar-refractivity contribution in [1.82, 2.24) is 4.98 Å². The largest absolute Gasteiger partial charge is 0.351 e. The molecule has 0 aliphatic rings. The lowest BCUT2D eigenvalue weighted by atomic mass is 10.0. The maximum atomic E-state index is 6.26. The molecule has 1 aromatic carbocycles. The van der Waals surface area contributed by atoms with Gasteiger partial charge in [0.2, 0.25) is 0 Å². The van der Waals surface area contributed by atoms with Crippen molar-refractivity contribution in [3.63, 3.8) is 0 Å². The van der Waals surface area contributed by atoms with Gasteiger partial charge in [0.1, 0.15) is 0 Å². The molecule has 0 saturated heterocycles. The van der Waals surface area contributed by atoms with E-state index in [1.165, 1.54) is 12.0 Å². The van der Waals surface area contributed by atoms with E-state index in [9.17, 15) is 0 Å². The Labute approximate surface area is 131 Å². The zero-order valence-electron chi connectivity index (χ0n) is 13.1. The molecule has 0 spiro atoms. The summed E-state index contributed by atoms with van der Waals surface area (Å²) in [6.07, 6.45) is 1.98. The van der Waals surface area contributed by atoms with Crippen molar-refractivity contribution in [2.75, 3.05) is 18.5 Å². The maximum Gasteiger partial charge on any atom is 0.185 e. The quantitative estimate of drug-likeness (QED) is 0.844. The van der Waals surface area contributed by atoms with Crippen LogP contribution in [0.1, 0.15) is 37.6 Å². The van der Waals surface area contributed by atoms with Crippen molar-refractivity contribution in [1.29, 1.82) is 0 Å². The SMILES string of the molecule is CC(C)CCN(C)c1nc(CC(N)c2ccccc2)cs1. The number of hydrogen-bond acceptors (Lipinski definition) is 4. The van der Waals surface area contributed by atoms with Crippen LogP contribution in [0.5, 0.6) is 0 Å². The summed E-state index contributed by atoms with van der Waals surface area (Å²) >= 11 is 1.71. The van der Waals surface area contributed by atoms with Gasteiger partial charge in [-0.3, -0.25) is 0 Å². The van der Waals surface area contributed by atoms with Crippen molar-refractivity contribution in [2.24, 2.45) is 11.7 Å². The topological polar surface area (TPSA) is 42.2 Å². The van der Waals surface area contributed by atoms with Gasteiger partial charge in [-0.1, -0.05) is 44.2 Å². The number of thiazole rings is 1. The Hall–Kier alpha value is -1.39. The van der Waals surface area contributed by atoms with Gasteiger partial charge in [0.05, 0.1) is 5.69 Å². The van der Waals surface area contributed by atoms with Gasteiger partial charge in [0, 0.05) is 31.4 Å². The number of benzene rings is 1. The summed E-state index contributed by atoms with van der Waals surface area (Å²) in [5.74, 6) is 0.721. The summed E-state index contributed by atoms with van der Waals surface area (Å²) in [5.41, 5.74) is 8.51. The molecule has 0 saturated carbocycles. The van der Waals surface area contributed by atoms with Gasteiger partial charge in [0.25, 0.3) is 0 Å². The number of nitrogens with zero attached hydrogens (tertiary/aromatic N) is 2. The zero-order chi connectivity index (χ0) is 15.2. The molecule has 2 N–H and O–H groups in total. The lowest BCUT2D eigenvalue weighted by Gasteiger charge is -2.16. The average molecular weight is 303 g/mol. The third kappa shape index (κ3) is 4.83. The Balaban J connectivity index is 1.94. The minimum atomic E-state index is 0.0159. The first-order chi connectivity index (χ1) is 10.1. The van der Waals surface area contributed by atoms with E-state index in [1.807, 2.05) is 18.2 Å². The predicted molar refractivity (Wildman–Crippen MR) is 91.9 cm³/mol. The maximum absolute atomic E-state index is 6.26. The smallest absolute Gasteiger partial charge is 0.185 e. The summed E-state index contributed by atoms with van der Waals surface area (Å²) in [6, 6.07) is 10.2. The summed E-state index contributed by atoms with van der Waals surface area (Å²) in [7, 11) is 2.11. The Bertz CT molecular complexity index is 536. The molecule has 1 heterocycles. The van der Waals surface area contributed by atoms with Gasteiger partial charge in [-0.2, -0.15) is 0 Å². The molecule has 1 aromatic heterocycles. The van der Waals surface area contributed by atoms with E-state index in [2.05, 4.69) is 43.3 Å². The van der Waals surface area contributed by atoms with Crippen LogP contribution in [0.25, 0.3) is 0 Å². The minimum absolute atomic E-state index is 0.0159. The van der Waals surface area contributed by atoms with E-state index in [4.69, 9.17) is 10.7 Å². The fourth-order valence-electron chi connectivity index (χ4n) is 2.16. The molecule has 0 aliphatic heterocycles. The van der Waals surface area contributed by atoms with Crippen LogP contribution in [0.2, 0.25) is 0 Å². The number of anilines is 1. The Morgan fingerprint density at radius 1 is 1.24 bits per heavy atom. The summed E-state index contributed by atoms with van der Waals surface area (Å²) in [5, 5.41) is 3.22. The van der Waals surface area contributed by atoms with Crippen molar-refractivity contribution in [3.05, 3.63) is 47.0 Å². The molecule has 1 atom stereocenters. The lowest BCUT2D eigenvalue weighted by Crippen LogP contribution is -2.20. The van der Waals surface area contributed by atoms with Crippen LogP contribution in [0.15, 0.2) is 35.7 Å². The highest BCUT2D eigenvalue weighted by atomic mass is 32.1. The molecule has 3 nitrogen and oxygen atoms in total. The van der Waals surface area contributed by atoms with Gasteiger partial charge in [-0.05, 0) is 17.9 Å². The molecule has 0 amide bonds. The predicted octanol–water partition coefficient (Wildman–Crippen LogP) is 3.87. The first-order valence-corrected chi connectivity index (χ1v) is 8.40. The highest BCUT2D eigenvalue weighted by Gasteiger charge is 2.12. The lowest BCUT2D eigenvalue weighted by molar-refractivity contribution is 0.584. The van der Waals surface area contributed by atoms with Crippen LogP contribution >= 0.6 is 11.3 Å². The second-order valence-corrected chi connectivity index (χ2v) is 6.78. The summed E-state index contributed by atoms with van der Waals surface area (Å²) in [6.45, 7) is 5.55. The highest BCUT2D eigenvalue weighted by Crippen LogP contribution is 2.23. The normalized spacial score (nSPS) is 12.6. The Morgan fingerprint density at radius 3 is 2.62 bits per heavy atom. The van der Waals surface area contributed by atoms with Crippen molar-refractivity contribution in [3.8, 4) is 0 Å². The van der Waals surface area contributed by atoms with Crippen molar-refractivity contribution < 1.29 is 0 Å². The van der Waals surface area contributed by atoms with Crippen molar-refractivity contribution in [2.45, 2.75) is 32.7 Å². The number of hydrogen-bond donors (Lipinski definition) is 1. The van der Waals surface area contributed by atoms with E-state index < -0.39 is 0 Å². The number of aromatic nitrogens is 1. The molecule has 2 aromatic rings. The minimum Gasteiger partial charge on any atom is -0.351 e. The standard InChI is InChI=1S/C17H25N3S/c1-13(2)9-10-20(3)17-19-15(12-21-17)11-16(18)14-7-5-4-6-8-14/h4-8,12-13,16H,9-11,18H2,1-3H3. The first kappa shape index (κ1) is 16.0.